The number of hydrogen-bond donors (Lipinski definition) is 1. The van der Waals surface area contributed by atoms with Crippen LogP contribution in [0.15, 0.2) is 42.6 Å². The van der Waals surface area contributed by atoms with E-state index in [-0.39, 0.29) is 6.10 Å². The van der Waals surface area contributed by atoms with Crippen LogP contribution in [-0.4, -0.2) is 50.8 Å². The molecule has 0 aliphatic carbocycles. The number of ether oxygens (including phenoxy) is 1. The molecule has 0 amide bonds. The largest absolute Gasteiger partial charge is 0.362 e. The zero-order chi connectivity index (χ0) is 17.1. The number of pyridine rings is 1. The molecule has 1 aliphatic heterocycles. The van der Waals surface area contributed by atoms with Crippen LogP contribution in [0.4, 0.5) is 11.5 Å². The van der Waals surface area contributed by atoms with Crippen LogP contribution in [0.2, 0.25) is 0 Å². The second-order valence-corrected chi connectivity index (χ2v) is 5.99. The zero-order valence-corrected chi connectivity index (χ0v) is 13.9. The molecule has 2 aromatic rings. The van der Waals surface area contributed by atoms with Crippen LogP contribution >= 0.6 is 0 Å². The summed E-state index contributed by atoms with van der Waals surface area (Å²) >= 11 is 0. The monoisotopic (exact) mass is 326 g/mol. The highest BCUT2D eigenvalue weighted by Crippen LogP contribution is 2.30. The standard InChI is InChI=1S/C18H22N4O2/c1-21(2)18-16(4-3-9-20-18)13-5-7-14(8-6-13)22-11-15(10-19)24-17(22)12-23/h3-9,12,15,17H,10-11,19H2,1-2H3/t15-,17?/m0/s1. The summed E-state index contributed by atoms with van der Waals surface area (Å²) < 4.78 is 5.61. The number of carbonyl (C=O) groups is 1. The Morgan fingerprint density at radius 1 is 1.33 bits per heavy atom. The molecule has 2 atom stereocenters. The van der Waals surface area contributed by atoms with Crippen molar-refractivity contribution in [3.8, 4) is 11.1 Å². The average Bonchev–Trinajstić information content (AvgIpc) is 3.05. The van der Waals surface area contributed by atoms with Gasteiger partial charge in [0, 0.05) is 44.6 Å². The Morgan fingerprint density at radius 2 is 2.08 bits per heavy atom. The van der Waals surface area contributed by atoms with E-state index in [1.54, 1.807) is 6.20 Å². The van der Waals surface area contributed by atoms with Crippen molar-refractivity contribution in [3.05, 3.63) is 42.6 Å². The fourth-order valence-electron chi connectivity index (χ4n) is 2.94. The SMILES string of the molecule is CN(C)c1ncccc1-c1ccc(N2C[C@H](CN)OC2C=O)cc1. The van der Waals surface area contributed by atoms with Gasteiger partial charge >= 0.3 is 0 Å². The minimum absolute atomic E-state index is 0.112. The van der Waals surface area contributed by atoms with E-state index in [2.05, 4.69) is 11.1 Å². The number of nitrogens with zero attached hydrogens (tertiary/aromatic N) is 3. The highest BCUT2D eigenvalue weighted by Gasteiger charge is 2.31. The summed E-state index contributed by atoms with van der Waals surface area (Å²) in [6, 6.07) is 12.1. The third-order valence-electron chi connectivity index (χ3n) is 4.14. The first-order valence-corrected chi connectivity index (χ1v) is 7.94. The summed E-state index contributed by atoms with van der Waals surface area (Å²) in [7, 11) is 3.95. The maximum Gasteiger partial charge on any atom is 0.187 e. The third kappa shape index (κ3) is 3.11. The molecular formula is C18H22N4O2. The van der Waals surface area contributed by atoms with Gasteiger partial charge in [0.15, 0.2) is 12.5 Å². The number of rotatable bonds is 5. The molecule has 1 saturated heterocycles. The Bertz CT molecular complexity index is 702. The van der Waals surface area contributed by atoms with E-state index in [1.807, 2.05) is 54.2 Å². The molecule has 0 spiro atoms. The molecule has 1 aromatic heterocycles. The van der Waals surface area contributed by atoms with E-state index >= 15 is 0 Å². The van der Waals surface area contributed by atoms with Gasteiger partial charge in [0.25, 0.3) is 0 Å². The summed E-state index contributed by atoms with van der Waals surface area (Å²) in [5.74, 6) is 0.920. The predicted molar refractivity (Wildman–Crippen MR) is 95.1 cm³/mol. The molecule has 0 saturated carbocycles. The molecule has 1 aromatic carbocycles. The minimum atomic E-state index is -0.569. The van der Waals surface area contributed by atoms with Crippen LogP contribution in [0, 0.1) is 0 Å². The molecule has 0 radical (unpaired) electrons. The van der Waals surface area contributed by atoms with Gasteiger partial charge in [-0.25, -0.2) is 4.98 Å². The number of hydrogen-bond acceptors (Lipinski definition) is 6. The van der Waals surface area contributed by atoms with Gasteiger partial charge in [0.2, 0.25) is 0 Å². The number of benzene rings is 1. The van der Waals surface area contributed by atoms with Crippen molar-refractivity contribution in [1.29, 1.82) is 0 Å². The fraction of sp³-hybridized carbons (Fsp3) is 0.333. The Balaban J connectivity index is 1.88. The molecule has 3 rings (SSSR count). The highest BCUT2D eigenvalue weighted by molar-refractivity contribution is 5.77. The quantitative estimate of drug-likeness (QED) is 0.840. The second kappa shape index (κ2) is 6.98. The lowest BCUT2D eigenvalue weighted by molar-refractivity contribution is -0.117. The minimum Gasteiger partial charge on any atom is -0.362 e. The summed E-state index contributed by atoms with van der Waals surface area (Å²) in [6.07, 6.45) is 1.92. The maximum absolute atomic E-state index is 11.2. The number of aromatic nitrogens is 1. The lowest BCUT2D eigenvalue weighted by atomic mass is 10.1. The van der Waals surface area contributed by atoms with Crippen molar-refractivity contribution in [2.24, 2.45) is 5.73 Å². The third-order valence-corrected chi connectivity index (χ3v) is 4.14. The van der Waals surface area contributed by atoms with Gasteiger partial charge in [-0.2, -0.15) is 0 Å². The summed E-state index contributed by atoms with van der Waals surface area (Å²) in [4.78, 5) is 19.6. The molecule has 2 N–H and O–H groups in total. The van der Waals surface area contributed by atoms with Gasteiger partial charge in [0.1, 0.15) is 5.82 Å². The van der Waals surface area contributed by atoms with E-state index in [0.717, 1.165) is 28.9 Å². The summed E-state index contributed by atoms with van der Waals surface area (Å²) in [5, 5.41) is 0. The smallest absolute Gasteiger partial charge is 0.187 e. The molecule has 6 heteroatoms. The number of aldehydes is 1. The van der Waals surface area contributed by atoms with Crippen LogP contribution in [0.25, 0.3) is 11.1 Å². The lowest BCUT2D eigenvalue weighted by Gasteiger charge is -2.21. The molecule has 126 valence electrons. The van der Waals surface area contributed by atoms with Gasteiger partial charge in [-0.05, 0) is 29.8 Å². The molecule has 1 aliphatic rings. The van der Waals surface area contributed by atoms with Gasteiger partial charge < -0.3 is 20.3 Å². The van der Waals surface area contributed by atoms with E-state index in [4.69, 9.17) is 10.5 Å². The van der Waals surface area contributed by atoms with Crippen molar-refractivity contribution in [1.82, 2.24) is 4.98 Å². The van der Waals surface area contributed by atoms with E-state index in [0.29, 0.717) is 13.1 Å². The molecule has 1 unspecified atom stereocenters. The number of anilines is 2. The van der Waals surface area contributed by atoms with E-state index < -0.39 is 6.23 Å². The van der Waals surface area contributed by atoms with Crippen LogP contribution in [-0.2, 0) is 9.53 Å². The normalized spacial score (nSPS) is 20.2. The molecule has 0 bridgehead atoms. The second-order valence-electron chi connectivity index (χ2n) is 5.99. The average molecular weight is 326 g/mol. The van der Waals surface area contributed by atoms with Crippen molar-refractivity contribution in [3.63, 3.8) is 0 Å². The van der Waals surface area contributed by atoms with E-state index in [1.165, 1.54) is 0 Å². The Kier molecular flexibility index (Phi) is 4.78. The van der Waals surface area contributed by atoms with Crippen molar-refractivity contribution < 1.29 is 9.53 Å². The summed E-state index contributed by atoms with van der Waals surface area (Å²) in [6.45, 7) is 1.02. The molecule has 24 heavy (non-hydrogen) atoms. The topological polar surface area (TPSA) is 71.7 Å². The first-order valence-electron chi connectivity index (χ1n) is 7.94. The molecule has 2 heterocycles. The first-order chi connectivity index (χ1) is 11.6. The van der Waals surface area contributed by atoms with Crippen LogP contribution in [0.5, 0.6) is 0 Å². The zero-order valence-electron chi connectivity index (χ0n) is 13.9. The fourth-order valence-corrected chi connectivity index (χ4v) is 2.94. The van der Waals surface area contributed by atoms with Crippen molar-refractivity contribution in [2.75, 3.05) is 37.0 Å². The highest BCUT2D eigenvalue weighted by atomic mass is 16.5. The Labute approximate surface area is 141 Å². The van der Waals surface area contributed by atoms with Crippen molar-refractivity contribution >= 4 is 17.8 Å². The number of carbonyl (C=O) groups excluding carboxylic acids is 1. The molecule has 6 nitrogen and oxygen atoms in total. The van der Waals surface area contributed by atoms with Crippen molar-refractivity contribution in [2.45, 2.75) is 12.3 Å². The summed E-state index contributed by atoms with van der Waals surface area (Å²) in [5.41, 5.74) is 8.75. The van der Waals surface area contributed by atoms with E-state index in [9.17, 15) is 4.79 Å². The van der Waals surface area contributed by atoms with Gasteiger partial charge in [-0.3, -0.25) is 4.79 Å². The lowest BCUT2D eigenvalue weighted by Crippen LogP contribution is -2.31. The maximum atomic E-state index is 11.2. The molecule has 1 fully saturated rings. The number of nitrogens with two attached hydrogens (primary N) is 1. The van der Waals surface area contributed by atoms with Gasteiger partial charge in [-0.1, -0.05) is 12.1 Å². The molecular weight excluding hydrogens is 304 g/mol. The van der Waals surface area contributed by atoms with Crippen LogP contribution in [0.3, 0.4) is 0 Å². The predicted octanol–water partition coefficient (Wildman–Crippen LogP) is 1.50. The van der Waals surface area contributed by atoms with Crippen LogP contribution < -0.4 is 15.5 Å². The Morgan fingerprint density at radius 3 is 2.71 bits per heavy atom. The first kappa shape index (κ1) is 16.4. The van der Waals surface area contributed by atoms with Crippen LogP contribution in [0.1, 0.15) is 0 Å². The van der Waals surface area contributed by atoms with Gasteiger partial charge in [-0.15, -0.1) is 0 Å². The van der Waals surface area contributed by atoms with Gasteiger partial charge in [0.05, 0.1) is 6.10 Å². The Hall–Kier alpha value is -2.44.